The maximum Gasteiger partial charge on any atom is 0.287 e. The molecule has 9 nitrogen and oxygen atoms in total. The molecule has 2 aliphatic rings. The molecule has 0 atom stereocenters. The first-order valence-corrected chi connectivity index (χ1v) is 10.7. The Morgan fingerprint density at radius 3 is 2.77 bits per heavy atom. The zero-order chi connectivity index (χ0) is 21.4. The standard InChI is InChI=1S/C22H24N6O3/c29-20(27-18-12-24-19(26-18)22(31)25-15-4-1-2-5-15)14-7-6-13-10-17-21(30)23-8-3-9-28(17)16(13)11-14/h6-7,10-12,15H,1-5,8-9H2,(H,23,30)(H,24,26)(H,25,31)(H,27,29). The summed E-state index contributed by atoms with van der Waals surface area (Å²) in [7, 11) is 0. The Bertz CT molecular complexity index is 1170. The topological polar surface area (TPSA) is 121 Å². The van der Waals surface area contributed by atoms with Crippen LogP contribution in [0.4, 0.5) is 5.82 Å². The summed E-state index contributed by atoms with van der Waals surface area (Å²) in [6, 6.07) is 7.38. The number of nitrogens with zero attached hydrogens (tertiary/aromatic N) is 2. The summed E-state index contributed by atoms with van der Waals surface area (Å²) < 4.78 is 1.95. The number of hydrogen-bond acceptors (Lipinski definition) is 4. The van der Waals surface area contributed by atoms with Gasteiger partial charge < -0.3 is 25.5 Å². The van der Waals surface area contributed by atoms with Gasteiger partial charge >= 0.3 is 0 Å². The first-order valence-electron chi connectivity index (χ1n) is 10.7. The molecule has 0 saturated heterocycles. The van der Waals surface area contributed by atoms with Crippen LogP contribution in [-0.4, -0.2) is 44.8 Å². The van der Waals surface area contributed by atoms with Crippen molar-refractivity contribution in [2.45, 2.75) is 44.7 Å². The number of H-pyrrole nitrogens is 1. The van der Waals surface area contributed by atoms with Gasteiger partial charge in [0.05, 0.1) is 0 Å². The van der Waals surface area contributed by atoms with E-state index >= 15 is 0 Å². The monoisotopic (exact) mass is 420 g/mol. The molecule has 1 saturated carbocycles. The van der Waals surface area contributed by atoms with Gasteiger partial charge in [-0.25, -0.2) is 4.98 Å². The van der Waals surface area contributed by atoms with Gasteiger partial charge in [-0.15, -0.1) is 0 Å². The molecule has 3 aromatic rings. The Labute approximate surface area is 178 Å². The quantitative estimate of drug-likeness (QED) is 0.518. The van der Waals surface area contributed by atoms with Crippen molar-refractivity contribution in [3.05, 3.63) is 47.5 Å². The van der Waals surface area contributed by atoms with Crippen LogP contribution in [-0.2, 0) is 6.54 Å². The maximum atomic E-state index is 12.8. The second-order valence-electron chi connectivity index (χ2n) is 8.11. The van der Waals surface area contributed by atoms with E-state index in [-0.39, 0.29) is 35.4 Å². The lowest BCUT2D eigenvalue weighted by Crippen LogP contribution is -2.33. The number of hydrogen-bond donors (Lipinski definition) is 4. The van der Waals surface area contributed by atoms with Crippen molar-refractivity contribution in [2.75, 3.05) is 11.9 Å². The van der Waals surface area contributed by atoms with Crippen molar-refractivity contribution in [1.29, 1.82) is 0 Å². The summed E-state index contributed by atoms with van der Waals surface area (Å²) >= 11 is 0. The van der Waals surface area contributed by atoms with Crippen molar-refractivity contribution in [1.82, 2.24) is 25.2 Å². The van der Waals surface area contributed by atoms with Gasteiger partial charge in [0.2, 0.25) is 0 Å². The Balaban J connectivity index is 1.32. The van der Waals surface area contributed by atoms with Gasteiger partial charge in [0, 0.05) is 41.8 Å². The zero-order valence-corrected chi connectivity index (χ0v) is 17.0. The molecule has 0 unspecified atom stereocenters. The van der Waals surface area contributed by atoms with Crippen molar-refractivity contribution in [3.8, 4) is 0 Å². The number of amides is 3. The SMILES string of the molecule is O=C(Nc1c[nH]c(C(=O)NC2CCCC2)n1)c1ccc2cc3n(c2c1)CCCNC3=O. The molecule has 5 rings (SSSR count). The van der Waals surface area contributed by atoms with Crippen molar-refractivity contribution < 1.29 is 14.4 Å². The van der Waals surface area contributed by atoms with E-state index in [2.05, 4.69) is 25.9 Å². The number of nitrogens with one attached hydrogen (secondary N) is 4. The molecule has 160 valence electrons. The molecular formula is C22H24N6O3. The molecule has 4 N–H and O–H groups in total. The normalized spacial score (nSPS) is 16.6. The fraction of sp³-hybridized carbons (Fsp3) is 0.364. The minimum absolute atomic E-state index is 0.0976. The second kappa shape index (κ2) is 7.90. The Hall–Kier alpha value is -3.62. The van der Waals surface area contributed by atoms with E-state index in [1.807, 2.05) is 16.7 Å². The van der Waals surface area contributed by atoms with Crippen molar-refractivity contribution in [2.24, 2.45) is 0 Å². The van der Waals surface area contributed by atoms with Gasteiger partial charge in [-0.1, -0.05) is 18.9 Å². The van der Waals surface area contributed by atoms with Gasteiger partial charge in [-0.3, -0.25) is 14.4 Å². The average Bonchev–Trinajstić information content (AvgIpc) is 3.49. The number of carbonyl (C=O) groups excluding carboxylic acids is 3. The van der Waals surface area contributed by atoms with Gasteiger partial charge in [-0.2, -0.15) is 0 Å². The van der Waals surface area contributed by atoms with E-state index in [4.69, 9.17) is 0 Å². The third-order valence-corrected chi connectivity index (χ3v) is 5.97. The lowest BCUT2D eigenvalue weighted by Gasteiger charge is -2.09. The highest BCUT2D eigenvalue weighted by Gasteiger charge is 2.21. The van der Waals surface area contributed by atoms with E-state index in [9.17, 15) is 14.4 Å². The highest BCUT2D eigenvalue weighted by atomic mass is 16.2. The Morgan fingerprint density at radius 1 is 1.10 bits per heavy atom. The number of aryl methyl sites for hydroxylation is 1. The molecule has 1 fully saturated rings. The van der Waals surface area contributed by atoms with Crippen molar-refractivity contribution in [3.63, 3.8) is 0 Å². The minimum Gasteiger partial charge on any atom is -0.351 e. The summed E-state index contributed by atoms with van der Waals surface area (Å²) in [5, 5.41) is 9.50. The lowest BCUT2D eigenvalue weighted by molar-refractivity contribution is 0.0925. The van der Waals surface area contributed by atoms with Crippen molar-refractivity contribution >= 4 is 34.4 Å². The van der Waals surface area contributed by atoms with Crippen LogP contribution in [0.1, 0.15) is 63.6 Å². The van der Waals surface area contributed by atoms with Gasteiger partial charge in [0.25, 0.3) is 17.7 Å². The molecule has 31 heavy (non-hydrogen) atoms. The molecule has 3 amide bonds. The fourth-order valence-corrected chi connectivity index (χ4v) is 4.37. The lowest BCUT2D eigenvalue weighted by atomic mass is 10.1. The van der Waals surface area contributed by atoms with Gasteiger partial charge in [0.1, 0.15) is 5.69 Å². The minimum atomic E-state index is -0.329. The third kappa shape index (κ3) is 3.78. The Kier molecular flexibility index (Phi) is 4.93. The number of imidazole rings is 1. The molecule has 1 aliphatic carbocycles. The zero-order valence-electron chi connectivity index (χ0n) is 17.0. The largest absolute Gasteiger partial charge is 0.351 e. The van der Waals surface area contributed by atoms with Crippen LogP contribution in [0.15, 0.2) is 30.5 Å². The van der Waals surface area contributed by atoms with E-state index in [1.165, 1.54) is 6.20 Å². The number of anilines is 1. The van der Waals surface area contributed by atoms with E-state index in [1.54, 1.807) is 12.1 Å². The van der Waals surface area contributed by atoms with Crippen LogP contribution in [0.3, 0.4) is 0 Å². The van der Waals surface area contributed by atoms with Crippen LogP contribution in [0.5, 0.6) is 0 Å². The molecule has 0 bridgehead atoms. The molecule has 2 aromatic heterocycles. The molecular weight excluding hydrogens is 396 g/mol. The number of aromatic amines is 1. The molecule has 1 aromatic carbocycles. The van der Waals surface area contributed by atoms with E-state index in [0.29, 0.717) is 24.3 Å². The van der Waals surface area contributed by atoms with E-state index in [0.717, 1.165) is 43.0 Å². The highest BCUT2D eigenvalue weighted by Crippen LogP contribution is 2.24. The molecule has 0 spiro atoms. The summed E-state index contributed by atoms with van der Waals surface area (Å²) in [5.41, 5.74) is 1.91. The smallest absolute Gasteiger partial charge is 0.287 e. The number of carbonyl (C=O) groups is 3. The third-order valence-electron chi connectivity index (χ3n) is 5.97. The first-order chi connectivity index (χ1) is 15.1. The summed E-state index contributed by atoms with van der Waals surface area (Å²) in [6.07, 6.45) is 6.58. The predicted octanol–water partition coefficient (Wildman–Crippen LogP) is 2.42. The highest BCUT2D eigenvalue weighted by molar-refractivity contribution is 6.07. The predicted molar refractivity (Wildman–Crippen MR) is 115 cm³/mol. The fourth-order valence-electron chi connectivity index (χ4n) is 4.37. The number of rotatable bonds is 4. The summed E-state index contributed by atoms with van der Waals surface area (Å²) in [5.74, 6) is -0.219. The van der Waals surface area contributed by atoms with Crippen LogP contribution in [0.2, 0.25) is 0 Å². The first kappa shape index (κ1) is 19.3. The number of benzene rings is 1. The number of fused-ring (bicyclic) bond motifs is 3. The van der Waals surface area contributed by atoms with E-state index < -0.39 is 0 Å². The van der Waals surface area contributed by atoms with Crippen LogP contribution >= 0.6 is 0 Å². The number of aromatic nitrogens is 3. The molecule has 0 radical (unpaired) electrons. The average molecular weight is 420 g/mol. The molecule has 9 heteroatoms. The second-order valence-corrected chi connectivity index (χ2v) is 8.11. The van der Waals surface area contributed by atoms with Crippen LogP contribution < -0.4 is 16.0 Å². The summed E-state index contributed by atoms with van der Waals surface area (Å²) in [4.78, 5) is 44.4. The maximum absolute atomic E-state index is 12.8. The van der Waals surface area contributed by atoms with Crippen LogP contribution in [0.25, 0.3) is 10.9 Å². The van der Waals surface area contributed by atoms with Crippen LogP contribution in [0, 0.1) is 0 Å². The molecule has 3 heterocycles. The van der Waals surface area contributed by atoms with Gasteiger partial charge in [-0.05, 0) is 37.5 Å². The molecule has 1 aliphatic heterocycles. The summed E-state index contributed by atoms with van der Waals surface area (Å²) in [6.45, 7) is 1.35. The van der Waals surface area contributed by atoms with Gasteiger partial charge in [0.15, 0.2) is 11.6 Å². The Morgan fingerprint density at radius 2 is 1.94 bits per heavy atom.